The van der Waals surface area contributed by atoms with E-state index in [1.54, 1.807) is 11.3 Å². The van der Waals surface area contributed by atoms with E-state index in [1.807, 2.05) is 0 Å². The molecule has 118 valence electrons. The van der Waals surface area contributed by atoms with Crippen LogP contribution in [0, 0.1) is 17.8 Å². The Hall–Kier alpha value is -0.0500. The highest BCUT2D eigenvalue weighted by Gasteiger charge is 2.31. The molecule has 2 aliphatic rings. The highest BCUT2D eigenvalue weighted by atomic mass is 35.5. The first-order chi connectivity index (χ1) is 10.2. The van der Waals surface area contributed by atoms with Crippen molar-refractivity contribution in [2.45, 2.75) is 64.3 Å². The van der Waals surface area contributed by atoms with Gasteiger partial charge >= 0.3 is 0 Å². The molecule has 21 heavy (non-hydrogen) atoms. The van der Waals surface area contributed by atoms with Crippen LogP contribution in [-0.2, 0) is 6.42 Å². The zero-order valence-corrected chi connectivity index (χ0v) is 14.7. The van der Waals surface area contributed by atoms with Crippen molar-refractivity contribution in [3.8, 4) is 0 Å². The van der Waals surface area contributed by atoms with Crippen molar-refractivity contribution in [2.24, 2.45) is 17.8 Å². The predicted molar refractivity (Wildman–Crippen MR) is 93.3 cm³/mol. The SMILES string of the molecule is CCCC1CCC(CNC2CC2)C(Cc2ccc(Cl)s2)C1. The molecule has 0 saturated heterocycles. The second-order valence-electron chi connectivity index (χ2n) is 7.08. The number of rotatable bonds is 7. The normalized spacial score (nSPS) is 29.7. The summed E-state index contributed by atoms with van der Waals surface area (Å²) in [7, 11) is 0. The zero-order chi connectivity index (χ0) is 14.7. The molecule has 3 atom stereocenters. The third-order valence-electron chi connectivity index (χ3n) is 5.28. The molecule has 0 spiro atoms. The molecule has 0 amide bonds. The number of thiophene rings is 1. The Morgan fingerprint density at radius 1 is 1.19 bits per heavy atom. The highest BCUT2D eigenvalue weighted by Crippen LogP contribution is 2.39. The first-order valence-corrected chi connectivity index (χ1v) is 9.91. The summed E-state index contributed by atoms with van der Waals surface area (Å²) in [5, 5.41) is 3.77. The summed E-state index contributed by atoms with van der Waals surface area (Å²) >= 11 is 7.89. The number of hydrogen-bond donors (Lipinski definition) is 1. The Bertz CT molecular complexity index is 440. The molecule has 0 bridgehead atoms. The van der Waals surface area contributed by atoms with Gasteiger partial charge in [0.25, 0.3) is 0 Å². The van der Waals surface area contributed by atoms with Crippen molar-refractivity contribution >= 4 is 22.9 Å². The Balaban J connectivity index is 1.59. The highest BCUT2D eigenvalue weighted by molar-refractivity contribution is 7.16. The smallest absolute Gasteiger partial charge is 0.0931 e. The van der Waals surface area contributed by atoms with E-state index in [1.165, 1.54) is 62.8 Å². The van der Waals surface area contributed by atoms with Crippen molar-refractivity contribution in [2.75, 3.05) is 6.54 Å². The number of nitrogens with one attached hydrogen (secondary N) is 1. The van der Waals surface area contributed by atoms with E-state index >= 15 is 0 Å². The molecule has 2 fully saturated rings. The molecule has 3 heteroatoms. The average Bonchev–Trinajstić information content (AvgIpc) is 3.21. The maximum atomic E-state index is 6.11. The summed E-state index contributed by atoms with van der Waals surface area (Å²) in [6.07, 6.45) is 11.1. The van der Waals surface area contributed by atoms with Crippen molar-refractivity contribution in [1.29, 1.82) is 0 Å². The van der Waals surface area contributed by atoms with Gasteiger partial charge < -0.3 is 5.32 Å². The molecule has 0 radical (unpaired) electrons. The first kappa shape index (κ1) is 15.8. The third kappa shape index (κ3) is 4.71. The zero-order valence-electron chi connectivity index (χ0n) is 13.1. The fourth-order valence-electron chi connectivity index (χ4n) is 3.94. The van der Waals surface area contributed by atoms with Gasteiger partial charge in [-0.05, 0) is 68.5 Å². The van der Waals surface area contributed by atoms with Crippen LogP contribution in [0.15, 0.2) is 12.1 Å². The van der Waals surface area contributed by atoms with E-state index in [0.717, 1.165) is 28.1 Å². The molecule has 2 saturated carbocycles. The minimum atomic E-state index is 0.843. The fourth-order valence-corrected chi connectivity index (χ4v) is 5.12. The van der Waals surface area contributed by atoms with Gasteiger partial charge in [-0.15, -0.1) is 11.3 Å². The fraction of sp³-hybridized carbons (Fsp3) is 0.778. The van der Waals surface area contributed by atoms with E-state index in [2.05, 4.69) is 24.4 Å². The molecule has 3 rings (SSSR count). The van der Waals surface area contributed by atoms with Crippen LogP contribution in [0.5, 0.6) is 0 Å². The van der Waals surface area contributed by atoms with Crippen LogP contribution in [0.4, 0.5) is 0 Å². The molecule has 1 nitrogen and oxygen atoms in total. The van der Waals surface area contributed by atoms with E-state index < -0.39 is 0 Å². The van der Waals surface area contributed by atoms with Crippen molar-refractivity contribution in [3.63, 3.8) is 0 Å². The van der Waals surface area contributed by atoms with Gasteiger partial charge in [0.2, 0.25) is 0 Å². The second-order valence-corrected chi connectivity index (χ2v) is 8.88. The lowest BCUT2D eigenvalue weighted by molar-refractivity contribution is 0.168. The molecule has 1 heterocycles. The van der Waals surface area contributed by atoms with Gasteiger partial charge in [-0.3, -0.25) is 0 Å². The lowest BCUT2D eigenvalue weighted by Crippen LogP contribution is -2.35. The van der Waals surface area contributed by atoms with Gasteiger partial charge in [-0.1, -0.05) is 37.8 Å². The predicted octanol–water partition coefficient (Wildman–Crippen LogP) is 5.53. The van der Waals surface area contributed by atoms with Gasteiger partial charge in [-0.25, -0.2) is 0 Å². The van der Waals surface area contributed by atoms with E-state index in [9.17, 15) is 0 Å². The maximum absolute atomic E-state index is 6.11. The van der Waals surface area contributed by atoms with Crippen molar-refractivity contribution in [1.82, 2.24) is 5.32 Å². The van der Waals surface area contributed by atoms with Crippen LogP contribution in [0.3, 0.4) is 0 Å². The molecule has 1 aromatic rings. The minimum Gasteiger partial charge on any atom is -0.314 e. The van der Waals surface area contributed by atoms with Crippen LogP contribution >= 0.6 is 22.9 Å². The molecule has 1 N–H and O–H groups in total. The van der Waals surface area contributed by atoms with E-state index in [-0.39, 0.29) is 0 Å². The van der Waals surface area contributed by atoms with E-state index in [0.29, 0.717) is 0 Å². The summed E-state index contributed by atoms with van der Waals surface area (Å²) in [6, 6.07) is 5.14. The lowest BCUT2D eigenvalue weighted by atomic mass is 9.71. The van der Waals surface area contributed by atoms with Crippen LogP contribution < -0.4 is 5.32 Å². The van der Waals surface area contributed by atoms with Crippen molar-refractivity contribution in [3.05, 3.63) is 21.3 Å². The molecule has 0 aromatic carbocycles. The monoisotopic (exact) mass is 325 g/mol. The van der Waals surface area contributed by atoms with Crippen LogP contribution in [-0.4, -0.2) is 12.6 Å². The summed E-state index contributed by atoms with van der Waals surface area (Å²) in [6.45, 7) is 3.57. The maximum Gasteiger partial charge on any atom is 0.0931 e. The standard InChI is InChI=1S/C18H28ClNS/c1-2-3-13-4-5-14(12-20-16-6-7-16)15(10-13)11-17-8-9-18(19)21-17/h8-9,13-16,20H,2-7,10-12H2,1H3. The molecular formula is C18H28ClNS. The Morgan fingerprint density at radius 2 is 2.05 bits per heavy atom. The summed E-state index contributed by atoms with van der Waals surface area (Å²) in [5.74, 6) is 2.70. The largest absolute Gasteiger partial charge is 0.314 e. The summed E-state index contributed by atoms with van der Waals surface area (Å²) in [4.78, 5) is 1.48. The van der Waals surface area contributed by atoms with Gasteiger partial charge in [0.1, 0.15) is 0 Å². The number of hydrogen-bond acceptors (Lipinski definition) is 2. The quantitative estimate of drug-likeness (QED) is 0.695. The van der Waals surface area contributed by atoms with Crippen LogP contribution in [0.2, 0.25) is 4.34 Å². The first-order valence-electron chi connectivity index (χ1n) is 8.72. The summed E-state index contributed by atoms with van der Waals surface area (Å²) < 4.78 is 0.943. The molecule has 3 unspecified atom stereocenters. The van der Waals surface area contributed by atoms with Crippen molar-refractivity contribution < 1.29 is 0 Å². The van der Waals surface area contributed by atoms with Gasteiger partial charge in [-0.2, -0.15) is 0 Å². The summed E-state index contributed by atoms with van der Waals surface area (Å²) in [5.41, 5.74) is 0. The topological polar surface area (TPSA) is 12.0 Å². The minimum absolute atomic E-state index is 0.843. The Kier molecular flexibility index (Phi) is 5.64. The second kappa shape index (κ2) is 7.48. The van der Waals surface area contributed by atoms with E-state index in [4.69, 9.17) is 11.6 Å². The third-order valence-corrected chi connectivity index (χ3v) is 6.54. The lowest BCUT2D eigenvalue weighted by Gasteiger charge is -2.36. The Morgan fingerprint density at radius 3 is 2.71 bits per heavy atom. The molecule has 2 aliphatic carbocycles. The molecule has 0 aliphatic heterocycles. The van der Waals surface area contributed by atoms with Gasteiger partial charge in [0.05, 0.1) is 4.34 Å². The van der Waals surface area contributed by atoms with Gasteiger partial charge in [0, 0.05) is 10.9 Å². The van der Waals surface area contributed by atoms with Crippen LogP contribution in [0.25, 0.3) is 0 Å². The Labute approximate surface area is 138 Å². The molecule has 1 aromatic heterocycles. The van der Waals surface area contributed by atoms with Crippen LogP contribution in [0.1, 0.15) is 56.7 Å². The van der Waals surface area contributed by atoms with Gasteiger partial charge in [0.15, 0.2) is 0 Å². The average molecular weight is 326 g/mol. The number of halogens is 1. The molecular weight excluding hydrogens is 298 g/mol.